The molecule has 2 amide bonds. The van der Waals surface area contributed by atoms with Gasteiger partial charge >= 0.3 is 0 Å². The normalized spacial score (nSPS) is 10.0. The number of carbonyl (C=O) groups is 2. The molecule has 2 rings (SSSR count). The number of amides is 2. The van der Waals surface area contributed by atoms with E-state index in [4.69, 9.17) is 4.74 Å². The molecule has 0 fully saturated rings. The molecule has 2 aromatic carbocycles. The second-order valence-corrected chi connectivity index (χ2v) is 5.35. The number of aryl methyl sites for hydroxylation is 3. The van der Waals surface area contributed by atoms with Gasteiger partial charge in [0, 0.05) is 5.56 Å². The van der Waals surface area contributed by atoms with Gasteiger partial charge in [0.05, 0.1) is 0 Å². The van der Waals surface area contributed by atoms with E-state index < -0.39 is 5.91 Å². The van der Waals surface area contributed by atoms with Crippen molar-refractivity contribution in [3.8, 4) is 5.75 Å². The molecular weight excluding hydrogens is 292 g/mol. The van der Waals surface area contributed by atoms with Crippen LogP contribution in [0.2, 0.25) is 0 Å². The Kier molecular flexibility index (Phi) is 5.36. The summed E-state index contributed by atoms with van der Waals surface area (Å²) in [7, 11) is 0. The first-order chi connectivity index (χ1) is 11.0. The number of benzene rings is 2. The van der Waals surface area contributed by atoms with Gasteiger partial charge in [0.1, 0.15) is 5.75 Å². The Morgan fingerprint density at radius 1 is 0.913 bits per heavy atom. The third-order valence-corrected chi connectivity index (χ3v) is 3.55. The van der Waals surface area contributed by atoms with Gasteiger partial charge in [-0.25, -0.2) is 0 Å². The summed E-state index contributed by atoms with van der Waals surface area (Å²) in [6, 6.07) is 12.8. The minimum Gasteiger partial charge on any atom is -0.484 e. The van der Waals surface area contributed by atoms with Crippen molar-refractivity contribution >= 4 is 11.8 Å². The van der Waals surface area contributed by atoms with Gasteiger partial charge in [0.25, 0.3) is 11.8 Å². The van der Waals surface area contributed by atoms with Crippen LogP contribution in [-0.2, 0) is 4.79 Å². The van der Waals surface area contributed by atoms with Crippen LogP contribution in [0.1, 0.15) is 27.0 Å². The topological polar surface area (TPSA) is 67.4 Å². The summed E-state index contributed by atoms with van der Waals surface area (Å²) >= 11 is 0. The fourth-order valence-corrected chi connectivity index (χ4v) is 2.01. The average Bonchev–Trinajstić information content (AvgIpc) is 2.54. The number of carbonyl (C=O) groups excluding carboxylic acids is 2. The van der Waals surface area contributed by atoms with Crippen molar-refractivity contribution in [1.29, 1.82) is 0 Å². The number of nitrogens with one attached hydrogen (secondary N) is 2. The lowest BCUT2D eigenvalue weighted by atomic mass is 10.1. The Morgan fingerprint density at radius 2 is 1.65 bits per heavy atom. The van der Waals surface area contributed by atoms with Crippen molar-refractivity contribution in [3.63, 3.8) is 0 Å². The highest BCUT2D eigenvalue weighted by molar-refractivity contribution is 5.96. The fraction of sp³-hybridized carbons (Fsp3) is 0.222. The van der Waals surface area contributed by atoms with Crippen LogP contribution in [0.5, 0.6) is 5.75 Å². The van der Waals surface area contributed by atoms with Crippen molar-refractivity contribution in [2.24, 2.45) is 0 Å². The van der Waals surface area contributed by atoms with Crippen molar-refractivity contribution in [2.75, 3.05) is 6.61 Å². The Morgan fingerprint density at radius 3 is 2.35 bits per heavy atom. The standard InChI is InChI=1S/C18H20N2O3/c1-12-8-9-15(10-14(12)3)23-11-17(21)19-20-18(22)16-7-5-4-6-13(16)2/h4-10H,11H2,1-3H3,(H,19,21)(H,20,22). The number of rotatable bonds is 4. The number of hydrazine groups is 1. The summed E-state index contributed by atoms with van der Waals surface area (Å²) in [5, 5.41) is 0. The number of ether oxygens (including phenoxy) is 1. The lowest BCUT2D eigenvalue weighted by Gasteiger charge is -2.10. The van der Waals surface area contributed by atoms with E-state index in [0.717, 1.165) is 16.7 Å². The minimum absolute atomic E-state index is 0.170. The van der Waals surface area contributed by atoms with E-state index >= 15 is 0 Å². The molecule has 0 spiro atoms. The molecule has 2 N–H and O–H groups in total. The summed E-state index contributed by atoms with van der Waals surface area (Å²) in [5.74, 6) is -0.165. The van der Waals surface area contributed by atoms with Gasteiger partial charge in [0.15, 0.2) is 6.61 Å². The lowest BCUT2D eigenvalue weighted by Crippen LogP contribution is -2.44. The van der Waals surface area contributed by atoms with Crippen molar-refractivity contribution in [3.05, 3.63) is 64.7 Å². The quantitative estimate of drug-likeness (QED) is 0.852. The predicted molar refractivity (Wildman–Crippen MR) is 88.2 cm³/mol. The molecule has 2 aromatic rings. The first-order valence-electron chi connectivity index (χ1n) is 7.32. The van der Waals surface area contributed by atoms with Crippen LogP contribution in [0.15, 0.2) is 42.5 Å². The molecule has 0 unspecified atom stereocenters. The molecule has 0 aromatic heterocycles. The monoisotopic (exact) mass is 312 g/mol. The third-order valence-electron chi connectivity index (χ3n) is 3.55. The summed E-state index contributed by atoms with van der Waals surface area (Å²) in [6.07, 6.45) is 0. The van der Waals surface area contributed by atoms with E-state index in [1.54, 1.807) is 12.1 Å². The molecule has 5 nitrogen and oxygen atoms in total. The molecule has 5 heteroatoms. The highest BCUT2D eigenvalue weighted by atomic mass is 16.5. The maximum atomic E-state index is 12.0. The third kappa shape index (κ3) is 4.57. The lowest BCUT2D eigenvalue weighted by molar-refractivity contribution is -0.123. The first kappa shape index (κ1) is 16.5. The maximum Gasteiger partial charge on any atom is 0.276 e. The summed E-state index contributed by atoms with van der Waals surface area (Å²) in [6.45, 7) is 5.65. The highest BCUT2D eigenvalue weighted by Crippen LogP contribution is 2.16. The van der Waals surface area contributed by atoms with Crippen LogP contribution in [0.3, 0.4) is 0 Å². The number of hydrogen-bond acceptors (Lipinski definition) is 3. The molecule has 0 radical (unpaired) electrons. The molecule has 0 aliphatic carbocycles. The highest BCUT2D eigenvalue weighted by Gasteiger charge is 2.09. The zero-order chi connectivity index (χ0) is 16.8. The zero-order valence-corrected chi connectivity index (χ0v) is 13.5. The molecular formula is C18H20N2O3. The van der Waals surface area contributed by atoms with Gasteiger partial charge in [-0.15, -0.1) is 0 Å². The van der Waals surface area contributed by atoms with E-state index in [-0.39, 0.29) is 12.5 Å². The second kappa shape index (κ2) is 7.45. The van der Waals surface area contributed by atoms with Crippen LogP contribution in [0.4, 0.5) is 0 Å². The fourth-order valence-electron chi connectivity index (χ4n) is 2.01. The van der Waals surface area contributed by atoms with Crippen LogP contribution in [-0.4, -0.2) is 18.4 Å². The summed E-state index contributed by atoms with van der Waals surface area (Å²) in [4.78, 5) is 23.7. The molecule has 120 valence electrons. The Labute approximate surface area is 135 Å². The Bertz CT molecular complexity index is 726. The zero-order valence-electron chi connectivity index (χ0n) is 13.5. The van der Waals surface area contributed by atoms with Crippen LogP contribution >= 0.6 is 0 Å². The van der Waals surface area contributed by atoms with Crippen molar-refractivity contribution < 1.29 is 14.3 Å². The van der Waals surface area contributed by atoms with Crippen molar-refractivity contribution in [1.82, 2.24) is 10.9 Å². The van der Waals surface area contributed by atoms with Gasteiger partial charge in [-0.05, 0) is 55.7 Å². The molecule has 0 aliphatic rings. The van der Waals surface area contributed by atoms with Crippen LogP contribution in [0, 0.1) is 20.8 Å². The SMILES string of the molecule is Cc1ccc(OCC(=O)NNC(=O)c2ccccc2C)cc1C. The molecule has 0 saturated carbocycles. The summed E-state index contributed by atoms with van der Waals surface area (Å²) < 4.78 is 5.40. The number of hydrogen-bond donors (Lipinski definition) is 2. The molecule has 0 bridgehead atoms. The van der Waals surface area contributed by atoms with E-state index in [9.17, 15) is 9.59 Å². The maximum absolute atomic E-state index is 12.0. The average molecular weight is 312 g/mol. The minimum atomic E-state index is -0.426. The van der Waals surface area contributed by atoms with Gasteiger partial charge in [0.2, 0.25) is 0 Å². The largest absolute Gasteiger partial charge is 0.484 e. The van der Waals surface area contributed by atoms with E-state index in [1.165, 1.54) is 0 Å². The van der Waals surface area contributed by atoms with Crippen LogP contribution < -0.4 is 15.6 Å². The second-order valence-electron chi connectivity index (χ2n) is 5.35. The van der Waals surface area contributed by atoms with E-state index in [0.29, 0.717) is 11.3 Å². The van der Waals surface area contributed by atoms with Crippen molar-refractivity contribution in [2.45, 2.75) is 20.8 Å². The van der Waals surface area contributed by atoms with E-state index in [1.807, 2.05) is 51.1 Å². The molecule has 23 heavy (non-hydrogen) atoms. The van der Waals surface area contributed by atoms with Gasteiger partial charge in [-0.1, -0.05) is 24.3 Å². The first-order valence-corrected chi connectivity index (χ1v) is 7.32. The van der Waals surface area contributed by atoms with Crippen LogP contribution in [0.25, 0.3) is 0 Å². The Balaban J connectivity index is 1.82. The summed E-state index contributed by atoms with van der Waals surface area (Å²) in [5.41, 5.74) is 8.33. The Hall–Kier alpha value is -2.82. The molecule has 0 heterocycles. The smallest absolute Gasteiger partial charge is 0.276 e. The molecule has 0 atom stereocenters. The van der Waals surface area contributed by atoms with E-state index in [2.05, 4.69) is 10.9 Å². The molecule has 0 aliphatic heterocycles. The van der Waals surface area contributed by atoms with Gasteiger partial charge in [-0.2, -0.15) is 0 Å². The van der Waals surface area contributed by atoms with Gasteiger partial charge < -0.3 is 4.74 Å². The molecule has 0 saturated heterocycles. The predicted octanol–water partition coefficient (Wildman–Crippen LogP) is 2.45. The van der Waals surface area contributed by atoms with Gasteiger partial charge in [-0.3, -0.25) is 20.4 Å².